The van der Waals surface area contributed by atoms with Crippen molar-refractivity contribution in [2.24, 2.45) is 0 Å². The molecule has 0 N–H and O–H groups in total. The molecule has 26 heavy (non-hydrogen) atoms. The quantitative estimate of drug-likeness (QED) is 0.505. The number of hydrogen-bond acceptors (Lipinski definition) is 7. The highest BCUT2D eigenvalue weighted by molar-refractivity contribution is 7.18. The predicted molar refractivity (Wildman–Crippen MR) is 97.6 cm³/mol. The van der Waals surface area contributed by atoms with Gasteiger partial charge in [-0.25, -0.2) is 0 Å². The van der Waals surface area contributed by atoms with Crippen molar-refractivity contribution in [3.8, 4) is 0 Å². The Morgan fingerprint density at radius 1 is 1.23 bits per heavy atom. The number of fused-ring (bicyclic) bond motifs is 1. The van der Waals surface area contributed by atoms with Gasteiger partial charge in [0.2, 0.25) is 0 Å². The Bertz CT molecular complexity index is 1040. The molecular formula is C18H17N3O4S. The molecule has 0 aliphatic rings. The van der Waals surface area contributed by atoms with Crippen LogP contribution in [0.4, 0.5) is 0 Å². The van der Waals surface area contributed by atoms with Crippen molar-refractivity contribution in [2.75, 3.05) is 7.11 Å². The third-order valence-corrected chi connectivity index (χ3v) is 5.36. The maximum Gasteiger partial charge on any atom is 0.308 e. The molecule has 7 nitrogen and oxygen atoms in total. The van der Waals surface area contributed by atoms with E-state index in [-0.39, 0.29) is 6.42 Å². The van der Waals surface area contributed by atoms with Crippen molar-refractivity contribution in [3.63, 3.8) is 0 Å². The van der Waals surface area contributed by atoms with Gasteiger partial charge >= 0.3 is 5.97 Å². The van der Waals surface area contributed by atoms with Gasteiger partial charge in [0.15, 0.2) is 10.6 Å². The number of Topliss-reactive ketones (excluding diaryl/α,β-unsaturated/α-hetero) is 1. The zero-order chi connectivity index (χ0) is 18.8. The zero-order valence-corrected chi connectivity index (χ0v) is 15.4. The summed E-state index contributed by atoms with van der Waals surface area (Å²) in [6.07, 6.45) is -0.299. The largest absolute Gasteiger partial charge is 0.469 e. The lowest BCUT2D eigenvalue weighted by atomic mass is 10.0. The third kappa shape index (κ3) is 3.15. The number of carbonyl (C=O) groups excluding carboxylic acids is 2. The third-order valence-electron chi connectivity index (χ3n) is 4.26. The second-order valence-corrected chi connectivity index (χ2v) is 7.03. The summed E-state index contributed by atoms with van der Waals surface area (Å²) in [7, 11) is 1.23. The number of methoxy groups -OCH3 is 1. The van der Waals surface area contributed by atoms with E-state index in [4.69, 9.17) is 4.74 Å². The molecular weight excluding hydrogens is 354 g/mol. The standard InChI is InChI=1S/C18H17N3O4S/c1-10-11(2)26-17-15(10)18(24)21(20-19-17)13(9-14(22)25-3)16(23)12-7-5-4-6-8-12/h4-8,13H,9H2,1-3H3. The van der Waals surface area contributed by atoms with Crippen molar-refractivity contribution < 1.29 is 14.3 Å². The van der Waals surface area contributed by atoms with Crippen molar-refractivity contribution in [1.82, 2.24) is 15.0 Å². The van der Waals surface area contributed by atoms with Crippen LogP contribution >= 0.6 is 11.3 Å². The number of aryl methyl sites for hydroxylation is 2. The summed E-state index contributed by atoms with van der Waals surface area (Å²) in [6.45, 7) is 3.72. The van der Waals surface area contributed by atoms with Crippen molar-refractivity contribution in [2.45, 2.75) is 26.3 Å². The number of benzene rings is 1. The van der Waals surface area contributed by atoms with Gasteiger partial charge in [0, 0.05) is 10.4 Å². The zero-order valence-electron chi connectivity index (χ0n) is 14.6. The van der Waals surface area contributed by atoms with E-state index in [2.05, 4.69) is 10.3 Å². The van der Waals surface area contributed by atoms with Gasteiger partial charge in [-0.1, -0.05) is 35.5 Å². The summed E-state index contributed by atoms with van der Waals surface area (Å²) in [4.78, 5) is 39.2. The molecule has 0 saturated heterocycles. The number of aromatic nitrogens is 3. The topological polar surface area (TPSA) is 91.2 Å². The van der Waals surface area contributed by atoms with Crippen LogP contribution < -0.4 is 5.56 Å². The van der Waals surface area contributed by atoms with Gasteiger partial charge < -0.3 is 4.74 Å². The van der Waals surface area contributed by atoms with Crippen molar-refractivity contribution in [3.05, 3.63) is 56.7 Å². The van der Waals surface area contributed by atoms with Gasteiger partial charge in [-0.2, -0.15) is 4.68 Å². The Labute approximate surface area is 153 Å². The van der Waals surface area contributed by atoms with Gasteiger partial charge in [-0.05, 0) is 19.4 Å². The summed E-state index contributed by atoms with van der Waals surface area (Å²) >= 11 is 1.37. The van der Waals surface area contributed by atoms with Gasteiger partial charge in [0.1, 0.15) is 6.04 Å². The summed E-state index contributed by atoms with van der Waals surface area (Å²) in [6, 6.07) is 7.35. The minimum Gasteiger partial charge on any atom is -0.469 e. The van der Waals surface area contributed by atoms with Crippen LogP contribution in [0, 0.1) is 13.8 Å². The minimum absolute atomic E-state index is 0.299. The average molecular weight is 371 g/mol. The Hall–Kier alpha value is -2.87. The fourth-order valence-electron chi connectivity index (χ4n) is 2.71. The molecule has 8 heteroatoms. The first-order valence-electron chi connectivity index (χ1n) is 7.95. The average Bonchev–Trinajstić information content (AvgIpc) is 2.95. The summed E-state index contributed by atoms with van der Waals surface area (Å²) < 4.78 is 5.68. The van der Waals surface area contributed by atoms with Gasteiger partial charge in [-0.15, -0.1) is 16.4 Å². The van der Waals surface area contributed by atoms with Crippen molar-refractivity contribution >= 4 is 33.3 Å². The summed E-state index contributed by atoms with van der Waals surface area (Å²) in [5.41, 5.74) is 0.756. The van der Waals surface area contributed by atoms with E-state index in [9.17, 15) is 14.4 Å². The lowest BCUT2D eigenvalue weighted by Gasteiger charge is -2.16. The molecule has 0 fully saturated rings. The first-order chi connectivity index (χ1) is 12.4. The second-order valence-electron chi connectivity index (χ2n) is 5.83. The van der Waals surface area contributed by atoms with Gasteiger partial charge in [0.25, 0.3) is 5.56 Å². The summed E-state index contributed by atoms with van der Waals surface area (Å²) in [5, 5.41) is 8.44. The fourth-order valence-corrected chi connectivity index (χ4v) is 3.67. The van der Waals surface area contributed by atoms with Crippen LogP contribution in [0.1, 0.15) is 33.3 Å². The number of carbonyl (C=O) groups is 2. The first-order valence-corrected chi connectivity index (χ1v) is 8.77. The maximum absolute atomic E-state index is 13.0. The predicted octanol–water partition coefficient (Wildman–Crippen LogP) is 2.46. The van der Waals surface area contributed by atoms with E-state index in [0.29, 0.717) is 15.8 Å². The Balaban J connectivity index is 2.16. The first kappa shape index (κ1) is 17.9. The number of esters is 1. The number of thiophene rings is 1. The van der Waals surface area contributed by atoms with E-state index in [0.717, 1.165) is 15.1 Å². The SMILES string of the molecule is COC(=O)CC(C(=O)c1ccccc1)n1nnc2sc(C)c(C)c2c1=O. The molecule has 1 aromatic carbocycles. The molecule has 2 aromatic heterocycles. The molecule has 3 rings (SSSR count). The molecule has 1 unspecified atom stereocenters. The fraction of sp³-hybridized carbons (Fsp3) is 0.278. The Kier molecular flexibility index (Phi) is 4.94. The highest BCUT2D eigenvalue weighted by Crippen LogP contribution is 2.26. The smallest absolute Gasteiger partial charge is 0.308 e. The monoisotopic (exact) mass is 371 g/mol. The van der Waals surface area contributed by atoms with Crippen LogP contribution in [-0.4, -0.2) is 33.9 Å². The van der Waals surface area contributed by atoms with Crippen LogP contribution in [0.15, 0.2) is 35.1 Å². The van der Waals surface area contributed by atoms with E-state index in [1.54, 1.807) is 30.3 Å². The van der Waals surface area contributed by atoms with Crippen LogP contribution in [0.25, 0.3) is 10.2 Å². The summed E-state index contributed by atoms with van der Waals surface area (Å²) in [5.74, 6) is -0.998. The van der Waals surface area contributed by atoms with E-state index >= 15 is 0 Å². The van der Waals surface area contributed by atoms with Gasteiger partial charge in [-0.3, -0.25) is 14.4 Å². The van der Waals surface area contributed by atoms with Crippen molar-refractivity contribution in [1.29, 1.82) is 0 Å². The molecule has 0 aliphatic carbocycles. The second kappa shape index (κ2) is 7.17. The normalized spacial score (nSPS) is 12.1. The number of ketones is 1. The minimum atomic E-state index is -1.12. The van der Waals surface area contributed by atoms with Crippen LogP contribution in [0.3, 0.4) is 0 Å². The molecule has 0 radical (unpaired) electrons. The van der Waals surface area contributed by atoms with E-state index < -0.39 is 23.4 Å². The molecule has 1 atom stereocenters. The molecule has 0 amide bonds. The van der Waals surface area contributed by atoms with Gasteiger partial charge in [0.05, 0.1) is 18.9 Å². The molecule has 0 saturated carbocycles. The lowest BCUT2D eigenvalue weighted by molar-refractivity contribution is -0.141. The molecule has 0 bridgehead atoms. The van der Waals surface area contributed by atoms with E-state index in [1.165, 1.54) is 18.4 Å². The van der Waals surface area contributed by atoms with Crippen LogP contribution in [0.2, 0.25) is 0 Å². The lowest BCUT2D eigenvalue weighted by Crippen LogP contribution is -2.34. The number of rotatable bonds is 5. The number of hydrogen-bond donors (Lipinski definition) is 0. The number of nitrogens with zero attached hydrogens (tertiary/aromatic N) is 3. The highest BCUT2D eigenvalue weighted by Gasteiger charge is 2.29. The maximum atomic E-state index is 13.0. The van der Waals surface area contributed by atoms with Crippen LogP contribution in [-0.2, 0) is 9.53 Å². The van der Waals surface area contributed by atoms with E-state index in [1.807, 2.05) is 13.8 Å². The molecule has 0 spiro atoms. The highest BCUT2D eigenvalue weighted by atomic mass is 32.1. The molecule has 134 valence electrons. The van der Waals surface area contributed by atoms with Crippen LogP contribution in [0.5, 0.6) is 0 Å². The Morgan fingerprint density at radius 3 is 2.58 bits per heavy atom. The Morgan fingerprint density at radius 2 is 1.92 bits per heavy atom. The number of ether oxygens (including phenoxy) is 1. The molecule has 2 heterocycles. The molecule has 3 aromatic rings. The molecule has 0 aliphatic heterocycles.